The van der Waals surface area contributed by atoms with Gasteiger partial charge in [0.15, 0.2) is 0 Å². The number of hydrogen-bond donors (Lipinski definition) is 1. The summed E-state index contributed by atoms with van der Waals surface area (Å²) in [5.74, 6) is 0.999. The summed E-state index contributed by atoms with van der Waals surface area (Å²) in [5.41, 5.74) is 7.31. The lowest BCUT2D eigenvalue weighted by Gasteiger charge is -2.28. The maximum Gasteiger partial charge on any atom is 0.123 e. The fourth-order valence-corrected chi connectivity index (χ4v) is 4.41. The summed E-state index contributed by atoms with van der Waals surface area (Å²) in [7, 11) is 0. The van der Waals surface area contributed by atoms with Crippen molar-refractivity contribution in [3.63, 3.8) is 0 Å². The number of hydrogen-bond acceptors (Lipinski definition) is 4. The highest BCUT2D eigenvalue weighted by atomic mass is 79.9. The Morgan fingerprint density at radius 3 is 2.95 bits per heavy atom. The molecule has 1 atom stereocenters. The number of rotatable bonds is 3. The molecule has 1 aliphatic rings. The van der Waals surface area contributed by atoms with Crippen molar-refractivity contribution in [2.45, 2.75) is 19.5 Å². The Kier molecular flexibility index (Phi) is 4.64. The lowest BCUT2D eigenvalue weighted by Crippen LogP contribution is -2.34. The molecule has 3 rings (SSSR count). The number of thiophene rings is 1. The van der Waals surface area contributed by atoms with E-state index in [-0.39, 0.29) is 6.04 Å². The number of halogens is 1. The van der Waals surface area contributed by atoms with Crippen molar-refractivity contribution in [3.05, 3.63) is 50.1 Å². The van der Waals surface area contributed by atoms with E-state index < -0.39 is 0 Å². The maximum absolute atomic E-state index is 6.07. The Labute approximate surface area is 137 Å². The predicted octanol–water partition coefficient (Wildman–Crippen LogP) is 3.71. The Balaban J connectivity index is 1.87. The van der Waals surface area contributed by atoms with Gasteiger partial charge in [-0.05, 0) is 35.0 Å². The highest BCUT2D eigenvalue weighted by Crippen LogP contribution is 2.35. The van der Waals surface area contributed by atoms with Gasteiger partial charge in [0.2, 0.25) is 0 Å². The number of benzene rings is 1. The quantitative estimate of drug-likeness (QED) is 0.899. The van der Waals surface area contributed by atoms with Crippen LogP contribution in [0, 0.1) is 6.92 Å². The molecule has 0 saturated heterocycles. The lowest BCUT2D eigenvalue weighted by molar-refractivity contribution is 0.175. The van der Waals surface area contributed by atoms with E-state index in [1.54, 1.807) is 0 Å². The number of nitrogens with two attached hydrogens (primary N) is 1. The number of ether oxygens (including phenoxy) is 1. The van der Waals surface area contributed by atoms with E-state index in [0.717, 1.165) is 18.8 Å². The van der Waals surface area contributed by atoms with Gasteiger partial charge in [0, 0.05) is 39.4 Å². The number of nitrogens with zero attached hydrogens (tertiary/aromatic N) is 1. The van der Waals surface area contributed by atoms with Crippen molar-refractivity contribution in [1.82, 2.24) is 4.90 Å². The monoisotopic (exact) mass is 366 g/mol. The standard InChI is InChI=1S/C16H19BrN2OS/c1-11-13(17)8-16(21-11)14(9-18)19-6-7-20-15-5-3-2-4-12(15)10-19/h2-5,8,14H,6-7,9-10,18H2,1H3. The zero-order chi connectivity index (χ0) is 14.8. The molecule has 1 aromatic heterocycles. The van der Waals surface area contributed by atoms with Crippen molar-refractivity contribution in [3.8, 4) is 5.75 Å². The molecule has 1 unspecified atom stereocenters. The Morgan fingerprint density at radius 1 is 1.43 bits per heavy atom. The van der Waals surface area contributed by atoms with Crippen LogP contribution in [-0.4, -0.2) is 24.6 Å². The van der Waals surface area contributed by atoms with E-state index in [1.807, 2.05) is 23.5 Å². The molecule has 0 spiro atoms. The molecule has 2 aromatic rings. The van der Waals surface area contributed by atoms with Gasteiger partial charge in [0.1, 0.15) is 12.4 Å². The largest absolute Gasteiger partial charge is 0.492 e. The second kappa shape index (κ2) is 6.48. The van der Waals surface area contributed by atoms with Gasteiger partial charge < -0.3 is 10.5 Å². The van der Waals surface area contributed by atoms with Gasteiger partial charge in [0.25, 0.3) is 0 Å². The second-order valence-corrected chi connectivity index (χ2v) is 7.37. The summed E-state index contributed by atoms with van der Waals surface area (Å²) >= 11 is 5.42. The normalized spacial score (nSPS) is 16.9. The second-order valence-electron chi connectivity index (χ2n) is 5.23. The molecule has 0 aliphatic carbocycles. The molecule has 2 N–H and O–H groups in total. The highest BCUT2D eigenvalue weighted by Gasteiger charge is 2.24. The maximum atomic E-state index is 6.07. The minimum Gasteiger partial charge on any atom is -0.492 e. The Morgan fingerprint density at radius 2 is 2.24 bits per heavy atom. The first kappa shape index (κ1) is 15.0. The molecule has 0 bridgehead atoms. The molecule has 0 saturated carbocycles. The van der Waals surface area contributed by atoms with Crippen LogP contribution in [0.3, 0.4) is 0 Å². The molecule has 3 nitrogen and oxygen atoms in total. The minimum absolute atomic E-state index is 0.245. The first-order chi connectivity index (χ1) is 10.2. The predicted molar refractivity (Wildman–Crippen MR) is 90.9 cm³/mol. The summed E-state index contributed by atoms with van der Waals surface area (Å²) < 4.78 is 7.02. The van der Waals surface area contributed by atoms with Gasteiger partial charge in [-0.25, -0.2) is 0 Å². The third-order valence-electron chi connectivity index (χ3n) is 3.85. The first-order valence-corrected chi connectivity index (χ1v) is 8.70. The molecule has 112 valence electrons. The van der Waals surface area contributed by atoms with Crippen LogP contribution in [0.5, 0.6) is 5.75 Å². The van der Waals surface area contributed by atoms with E-state index in [0.29, 0.717) is 13.2 Å². The molecule has 1 aliphatic heterocycles. The zero-order valence-corrected chi connectivity index (χ0v) is 14.4. The van der Waals surface area contributed by atoms with Crippen molar-refractivity contribution in [1.29, 1.82) is 0 Å². The summed E-state index contributed by atoms with van der Waals surface area (Å²) in [5, 5.41) is 0. The third kappa shape index (κ3) is 3.16. The molecular formula is C16H19BrN2OS. The number of aryl methyl sites for hydroxylation is 1. The molecule has 5 heteroatoms. The van der Waals surface area contributed by atoms with E-state index in [4.69, 9.17) is 10.5 Å². The van der Waals surface area contributed by atoms with Crippen LogP contribution in [0.1, 0.15) is 21.4 Å². The van der Waals surface area contributed by atoms with Crippen molar-refractivity contribution in [2.75, 3.05) is 19.7 Å². The van der Waals surface area contributed by atoms with Crippen LogP contribution in [0.15, 0.2) is 34.8 Å². The van der Waals surface area contributed by atoms with Crippen molar-refractivity contribution in [2.24, 2.45) is 5.73 Å². The fraction of sp³-hybridized carbons (Fsp3) is 0.375. The van der Waals surface area contributed by atoms with Crippen molar-refractivity contribution >= 4 is 27.3 Å². The zero-order valence-electron chi connectivity index (χ0n) is 12.0. The summed E-state index contributed by atoms with van der Waals surface area (Å²) in [6.07, 6.45) is 0. The molecular weight excluding hydrogens is 348 g/mol. The highest BCUT2D eigenvalue weighted by molar-refractivity contribution is 9.10. The van der Waals surface area contributed by atoms with Crippen LogP contribution >= 0.6 is 27.3 Å². The van der Waals surface area contributed by atoms with Gasteiger partial charge in [0.05, 0.1) is 6.04 Å². The van der Waals surface area contributed by atoms with Crippen LogP contribution in [0.2, 0.25) is 0 Å². The number of para-hydroxylation sites is 1. The van der Waals surface area contributed by atoms with Gasteiger partial charge in [-0.1, -0.05) is 18.2 Å². The molecule has 1 aromatic carbocycles. The molecule has 21 heavy (non-hydrogen) atoms. The fourth-order valence-electron chi connectivity index (χ4n) is 2.70. The number of fused-ring (bicyclic) bond motifs is 1. The Bertz CT molecular complexity index is 609. The van der Waals surface area contributed by atoms with Gasteiger partial charge >= 0.3 is 0 Å². The first-order valence-electron chi connectivity index (χ1n) is 7.09. The SMILES string of the molecule is Cc1sc(C(CN)N2CCOc3ccccc3C2)cc1Br. The summed E-state index contributed by atoms with van der Waals surface area (Å²) in [6, 6.07) is 10.7. The third-order valence-corrected chi connectivity index (χ3v) is 6.09. The van der Waals surface area contributed by atoms with E-state index in [2.05, 4.69) is 46.0 Å². The summed E-state index contributed by atoms with van der Waals surface area (Å²) in [4.78, 5) is 5.04. The van der Waals surface area contributed by atoms with Crippen molar-refractivity contribution < 1.29 is 4.74 Å². The van der Waals surface area contributed by atoms with Crippen LogP contribution in [-0.2, 0) is 6.54 Å². The van der Waals surface area contributed by atoms with Gasteiger partial charge in [-0.3, -0.25) is 4.90 Å². The van der Waals surface area contributed by atoms with Crippen LogP contribution in [0.4, 0.5) is 0 Å². The van der Waals surface area contributed by atoms with E-state index in [9.17, 15) is 0 Å². The van der Waals surface area contributed by atoms with Crippen LogP contribution in [0.25, 0.3) is 0 Å². The van der Waals surface area contributed by atoms with E-state index >= 15 is 0 Å². The minimum atomic E-state index is 0.245. The molecule has 0 radical (unpaired) electrons. The average molecular weight is 367 g/mol. The van der Waals surface area contributed by atoms with Crippen LogP contribution < -0.4 is 10.5 Å². The molecule has 0 fully saturated rings. The molecule has 2 heterocycles. The Hall–Kier alpha value is -0.880. The van der Waals surface area contributed by atoms with Gasteiger partial charge in [-0.2, -0.15) is 0 Å². The molecule has 0 amide bonds. The lowest BCUT2D eigenvalue weighted by atomic mass is 10.1. The van der Waals surface area contributed by atoms with E-state index in [1.165, 1.54) is 19.8 Å². The topological polar surface area (TPSA) is 38.5 Å². The van der Waals surface area contributed by atoms with Gasteiger partial charge in [-0.15, -0.1) is 11.3 Å². The smallest absolute Gasteiger partial charge is 0.123 e. The average Bonchev–Trinajstić information content (AvgIpc) is 2.70. The summed E-state index contributed by atoms with van der Waals surface area (Å²) in [6.45, 7) is 5.23.